The molecule has 1 atom stereocenters. The first-order valence-corrected chi connectivity index (χ1v) is 7.75. The molecule has 2 rings (SSSR count). The lowest BCUT2D eigenvalue weighted by molar-refractivity contribution is 0.268. The molecule has 112 valence electrons. The average molecular weight is 277 g/mol. The lowest BCUT2D eigenvalue weighted by Gasteiger charge is -2.32. The van der Waals surface area contributed by atoms with Crippen molar-refractivity contribution >= 4 is 0 Å². The summed E-state index contributed by atoms with van der Waals surface area (Å²) in [6, 6.07) is 6.56. The predicted molar refractivity (Wildman–Crippen MR) is 82.5 cm³/mol. The van der Waals surface area contributed by atoms with E-state index in [1.807, 2.05) is 12.1 Å². The molecule has 0 heterocycles. The number of hydrogen-bond acceptors (Lipinski definition) is 3. The SMILES string of the molecule is CCNC(c1ccc(OC)cc1OC)C1CCCCC1. The van der Waals surface area contributed by atoms with E-state index in [9.17, 15) is 0 Å². The van der Waals surface area contributed by atoms with Gasteiger partial charge in [0.05, 0.1) is 14.2 Å². The summed E-state index contributed by atoms with van der Waals surface area (Å²) >= 11 is 0. The van der Waals surface area contributed by atoms with Gasteiger partial charge in [-0.3, -0.25) is 0 Å². The Bertz CT molecular complexity index is 413. The van der Waals surface area contributed by atoms with E-state index in [0.717, 1.165) is 18.0 Å². The van der Waals surface area contributed by atoms with E-state index in [1.165, 1.54) is 37.7 Å². The Labute approximate surface area is 122 Å². The first kappa shape index (κ1) is 15.2. The molecule has 0 radical (unpaired) electrons. The molecule has 1 N–H and O–H groups in total. The van der Waals surface area contributed by atoms with Gasteiger partial charge in [0.1, 0.15) is 11.5 Å². The maximum absolute atomic E-state index is 5.59. The van der Waals surface area contributed by atoms with Gasteiger partial charge in [0.25, 0.3) is 0 Å². The smallest absolute Gasteiger partial charge is 0.127 e. The van der Waals surface area contributed by atoms with Gasteiger partial charge in [-0.2, -0.15) is 0 Å². The summed E-state index contributed by atoms with van der Waals surface area (Å²) in [5, 5.41) is 3.66. The topological polar surface area (TPSA) is 30.5 Å². The van der Waals surface area contributed by atoms with Crippen LogP contribution in [0, 0.1) is 5.92 Å². The Hall–Kier alpha value is -1.22. The molecular weight excluding hydrogens is 250 g/mol. The zero-order valence-electron chi connectivity index (χ0n) is 12.9. The number of methoxy groups -OCH3 is 2. The van der Waals surface area contributed by atoms with Crippen LogP contribution in [0.3, 0.4) is 0 Å². The van der Waals surface area contributed by atoms with E-state index in [2.05, 4.69) is 18.3 Å². The van der Waals surface area contributed by atoms with Gasteiger partial charge in [0.2, 0.25) is 0 Å². The molecule has 1 aliphatic rings. The van der Waals surface area contributed by atoms with Crippen LogP contribution in [0.15, 0.2) is 18.2 Å². The maximum Gasteiger partial charge on any atom is 0.127 e. The fraction of sp³-hybridized carbons (Fsp3) is 0.647. The summed E-state index contributed by atoms with van der Waals surface area (Å²) in [5.74, 6) is 2.50. The van der Waals surface area contributed by atoms with Crippen molar-refractivity contribution in [3.05, 3.63) is 23.8 Å². The van der Waals surface area contributed by atoms with Crippen LogP contribution in [0.25, 0.3) is 0 Å². The molecule has 0 aromatic heterocycles. The number of benzene rings is 1. The molecule has 1 aliphatic carbocycles. The standard InChI is InChI=1S/C17H27NO2/c1-4-18-17(13-8-6-5-7-9-13)15-11-10-14(19-2)12-16(15)20-3/h10-13,17-18H,4-9H2,1-3H3. The lowest BCUT2D eigenvalue weighted by atomic mass is 9.81. The van der Waals surface area contributed by atoms with Crippen LogP contribution in [-0.2, 0) is 0 Å². The highest BCUT2D eigenvalue weighted by molar-refractivity contribution is 5.42. The predicted octanol–water partition coefficient (Wildman–Crippen LogP) is 3.93. The van der Waals surface area contributed by atoms with E-state index in [0.29, 0.717) is 12.0 Å². The van der Waals surface area contributed by atoms with Crippen LogP contribution >= 0.6 is 0 Å². The minimum Gasteiger partial charge on any atom is -0.497 e. The quantitative estimate of drug-likeness (QED) is 0.854. The van der Waals surface area contributed by atoms with Crippen molar-refractivity contribution in [3.8, 4) is 11.5 Å². The second-order valence-corrected chi connectivity index (χ2v) is 5.54. The first-order chi connectivity index (χ1) is 9.80. The molecule has 0 aliphatic heterocycles. The van der Waals surface area contributed by atoms with Gasteiger partial charge in [-0.15, -0.1) is 0 Å². The third-order valence-electron chi connectivity index (χ3n) is 4.32. The second-order valence-electron chi connectivity index (χ2n) is 5.54. The van der Waals surface area contributed by atoms with E-state index >= 15 is 0 Å². The van der Waals surface area contributed by atoms with E-state index < -0.39 is 0 Å². The van der Waals surface area contributed by atoms with Crippen LogP contribution in [-0.4, -0.2) is 20.8 Å². The fourth-order valence-electron chi connectivity index (χ4n) is 3.29. The molecule has 3 nitrogen and oxygen atoms in total. The van der Waals surface area contributed by atoms with Gasteiger partial charge in [0, 0.05) is 17.7 Å². The van der Waals surface area contributed by atoms with Gasteiger partial charge in [-0.05, 0) is 31.4 Å². The number of hydrogen-bond donors (Lipinski definition) is 1. The Morgan fingerprint density at radius 1 is 1.15 bits per heavy atom. The summed E-state index contributed by atoms with van der Waals surface area (Å²) in [6.07, 6.45) is 6.71. The van der Waals surface area contributed by atoms with Crippen LogP contribution < -0.4 is 14.8 Å². The van der Waals surface area contributed by atoms with Gasteiger partial charge < -0.3 is 14.8 Å². The maximum atomic E-state index is 5.59. The van der Waals surface area contributed by atoms with Crippen LogP contribution in [0.5, 0.6) is 11.5 Å². The molecule has 20 heavy (non-hydrogen) atoms. The third-order valence-corrected chi connectivity index (χ3v) is 4.32. The van der Waals surface area contributed by atoms with Crippen molar-refractivity contribution in [2.24, 2.45) is 5.92 Å². The van der Waals surface area contributed by atoms with Crippen LogP contribution in [0.4, 0.5) is 0 Å². The summed E-state index contributed by atoms with van der Waals surface area (Å²) in [7, 11) is 3.43. The van der Waals surface area contributed by atoms with Gasteiger partial charge >= 0.3 is 0 Å². The Balaban J connectivity index is 2.27. The lowest BCUT2D eigenvalue weighted by Crippen LogP contribution is -2.30. The fourth-order valence-corrected chi connectivity index (χ4v) is 3.29. The van der Waals surface area contributed by atoms with Gasteiger partial charge in [-0.25, -0.2) is 0 Å². The minimum atomic E-state index is 0.390. The minimum absolute atomic E-state index is 0.390. The molecule has 1 aromatic carbocycles. The molecular formula is C17H27NO2. The highest BCUT2D eigenvalue weighted by Crippen LogP contribution is 2.39. The number of rotatable bonds is 6. The van der Waals surface area contributed by atoms with Crippen molar-refractivity contribution in [2.45, 2.75) is 45.1 Å². The van der Waals surface area contributed by atoms with Crippen molar-refractivity contribution in [1.29, 1.82) is 0 Å². The Morgan fingerprint density at radius 3 is 2.50 bits per heavy atom. The molecule has 1 saturated carbocycles. The molecule has 0 amide bonds. The highest BCUT2D eigenvalue weighted by atomic mass is 16.5. The molecule has 0 saturated heterocycles. The summed E-state index contributed by atoms with van der Waals surface area (Å²) < 4.78 is 10.9. The van der Waals surface area contributed by atoms with Crippen LogP contribution in [0.2, 0.25) is 0 Å². The average Bonchev–Trinajstić information content (AvgIpc) is 2.53. The molecule has 1 fully saturated rings. The third kappa shape index (κ3) is 3.45. The molecule has 0 spiro atoms. The van der Waals surface area contributed by atoms with Crippen molar-refractivity contribution in [3.63, 3.8) is 0 Å². The summed E-state index contributed by atoms with van der Waals surface area (Å²) in [5.41, 5.74) is 1.27. The summed E-state index contributed by atoms with van der Waals surface area (Å²) in [4.78, 5) is 0. The second kappa shape index (κ2) is 7.53. The monoisotopic (exact) mass is 277 g/mol. The molecule has 0 bridgehead atoms. The molecule has 1 aromatic rings. The van der Waals surface area contributed by atoms with E-state index in [-0.39, 0.29) is 0 Å². The van der Waals surface area contributed by atoms with Gasteiger partial charge in [-0.1, -0.05) is 32.3 Å². The zero-order valence-corrected chi connectivity index (χ0v) is 12.9. The van der Waals surface area contributed by atoms with Crippen molar-refractivity contribution in [2.75, 3.05) is 20.8 Å². The Kier molecular flexibility index (Phi) is 5.72. The first-order valence-electron chi connectivity index (χ1n) is 7.75. The largest absolute Gasteiger partial charge is 0.497 e. The highest BCUT2D eigenvalue weighted by Gasteiger charge is 2.26. The van der Waals surface area contributed by atoms with E-state index in [4.69, 9.17) is 9.47 Å². The zero-order chi connectivity index (χ0) is 14.4. The Morgan fingerprint density at radius 2 is 1.90 bits per heavy atom. The normalized spacial score (nSPS) is 17.8. The van der Waals surface area contributed by atoms with Crippen molar-refractivity contribution < 1.29 is 9.47 Å². The van der Waals surface area contributed by atoms with Crippen molar-refractivity contribution in [1.82, 2.24) is 5.32 Å². The number of ether oxygens (including phenoxy) is 2. The van der Waals surface area contributed by atoms with E-state index in [1.54, 1.807) is 14.2 Å². The summed E-state index contributed by atoms with van der Waals surface area (Å²) in [6.45, 7) is 3.15. The van der Waals surface area contributed by atoms with Gasteiger partial charge in [0.15, 0.2) is 0 Å². The molecule has 3 heteroatoms. The molecule has 1 unspecified atom stereocenters. The number of nitrogens with one attached hydrogen (secondary N) is 1. The van der Waals surface area contributed by atoms with Crippen LogP contribution in [0.1, 0.15) is 50.6 Å².